The van der Waals surface area contributed by atoms with E-state index in [9.17, 15) is 0 Å². The Morgan fingerprint density at radius 1 is 1.18 bits per heavy atom. The molecule has 2 aromatic carbocycles. The van der Waals surface area contributed by atoms with E-state index < -0.39 is 0 Å². The maximum atomic E-state index is 8.56. The van der Waals surface area contributed by atoms with Gasteiger partial charge in [0.2, 0.25) is 0 Å². The number of nitrogens with zero attached hydrogens (tertiary/aromatic N) is 2. The van der Waals surface area contributed by atoms with Crippen molar-refractivity contribution in [2.45, 2.75) is 0 Å². The number of nitriles is 1. The van der Waals surface area contributed by atoms with Crippen LogP contribution in [0.1, 0.15) is 5.56 Å². The van der Waals surface area contributed by atoms with E-state index in [1.807, 2.05) is 54.6 Å². The maximum Gasteiger partial charge on any atom is 0.191 e. The molecule has 110 valence electrons. The molecule has 22 heavy (non-hydrogen) atoms. The van der Waals surface area contributed by atoms with Crippen LogP contribution in [0.4, 0.5) is 5.69 Å². The Morgan fingerprint density at radius 2 is 1.91 bits per heavy atom. The number of rotatable bonds is 5. The van der Waals surface area contributed by atoms with Gasteiger partial charge in [-0.15, -0.1) is 0 Å². The molecule has 2 aromatic rings. The van der Waals surface area contributed by atoms with Crippen molar-refractivity contribution < 1.29 is 4.74 Å². The quantitative estimate of drug-likeness (QED) is 0.505. The van der Waals surface area contributed by atoms with Crippen LogP contribution >= 0.6 is 12.2 Å². The fourth-order valence-corrected chi connectivity index (χ4v) is 1.84. The number of nitrogens with one attached hydrogen (secondary N) is 2. The molecule has 0 amide bonds. The van der Waals surface area contributed by atoms with Crippen LogP contribution in [-0.4, -0.2) is 17.9 Å². The summed E-state index contributed by atoms with van der Waals surface area (Å²) in [6, 6.07) is 18.8. The highest BCUT2D eigenvalue weighted by Gasteiger charge is 2.00. The molecule has 2 N–H and O–H groups in total. The first-order valence-electron chi connectivity index (χ1n) is 6.53. The van der Waals surface area contributed by atoms with Crippen molar-refractivity contribution in [3.8, 4) is 11.8 Å². The molecule has 0 radical (unpaired) electrons. The second-order valence-corrected chi connectivity index (χ2v) is 4.58. The van der Waals surface area contributed by atoms with Crippen LogP contribution in [0, 0.1) is 11.3 Å². The number of thiocarbonyl (C=S) groups is 1. The third-order valence-electron chi connectivity index (χ3n) is 2.61. The second kappa shape index (κ2) is 8.39. The van der Waals surface area contributed by atoms with E-state index in [-0.39, 0.29) is 6.61 Å². The average Bonchev–Trinajstić information content (AvgIpc) is 2.55. The Labute approximate surface area is 134 Å². The lowest BCUT2D eigenvalue weighted by Crippen LogP contribution is -2.23. The van der Waals surface area contributed by atoms with E-state index in [4.69, 9.17) is 22.2 Å². The molecule has 0 aliphatic heterocycles. The van der Waals surface area contributed by atoms with Gasteiger partial charge in [0.1, 0.15) is 11.8 Å². The smallest absolute Gasteiger partial charge is 0.191 e. The fourth-order valence-electron chi connectivity index (χ4n) is 1.67. The van der Waals surface area contributed by atoms with Crippen molar-refractivity contribution in [1.29, 1.82) is 5.26 Å². The van der Waals surface area contributed by atoms with Crippen LogP contribution in [0.5, 0.6) is 5.75 Å². The molecule has 6 heteroatoms. The summed E-state index contributed by atoms with van der Waals surface area (Å²) in [6.45, 7) is -0.00768. The number of benzene rings is 2. The number of ether oxygens (including phenoxy) is 1. The Balaban J connectivity index is 1.92. The average molecular weight is 310 g/mol. The van der Waals surface area contributed by atoms with Gasteiger partial charge in [-0.2, -0.15) is 10.4 Å². The highest BCUT2D eigenvalue weighted by Crippen LogP contribution is 2.15. The molecule has 5 nitrogen and oxygen atoms in total. The highest BCUT2D eigenvalue weighted by molar-refractivity contribution is 7.80. The van der Waals surface area contributed by atoms with Crippen molar-refractivity contribution >= 4 is 29.2 Å². The van der Waals surface area contributed by atoms with Gasteiger partial charge >= 0.3 is 0 Å². The Kier molecular flexibility index (Phi) is 5.91. The lowest BCUT2D eigenvalue weighted by molar-refractivity contribution is 0.367. The van der Waals surface area contributed by atoms with E-state index in [0.29, 0.717) is 10.9 Å². The Hall–Kier alpha value is -2.91. The third kappa shape index (κ3) is 4.89. The summed E-state index contributed by atoms with van der Waals surface area (Å²) in [5.41, 5.74) is 4.37. The van der Waals surface area contributed by atoms with Crippen LogP contribution in [0.25, 0.3) is 0 Å². The van der Waals surface area contributed by atoms with Crippen molar-refractivity contribution in [2.75, 3.05) is 11.9 Å². The zero-order valence-corrected chi connectivity index (χ0v) is 12.5. The molecule has 0 aromatic heterocycles. The van der Waals surface area contributed by atoms with Gasteiger partial charge in [0, 0.05) is 11.3 Å². The van der Waals surface area contributed by atoms with Gasteiger partial charge in [-0.25, -0.2) is 0 Å². The van der Waals surface area contributed by atoms with Gasteiger partial charge in [-0.1, -0.05) is 30.3 Å². The van der Waals surface area contributed by atoms with Gasteiger partial charge in [-0.05, 0) is 36.5 Å². The van der Waals surface area contributed by atoms with Gasteiger partial charge in [-0.3, -0.25) is 5.43 Å². The molecule has 0 fully saturated rings. The monoisotopic (exact) mass is 310 g/mol. The first kappa shape index (κ1) is 15.5. The Morgan fingerprint density at radius 3 is 2.68 bits per heavy atom. The number of hydrogen-bond donors (Lipinski definition) is 2. The largest absolute Gasteiger partial charge is 0.478 e. The number of anilines is 1. The third-order valence-corrected chi connectivity index (χ3v) is 2.81. The standard InChI is InChI=1S/C16H14N4OS/c17-10-11-21-15-9-5-4-6-13(15)12-18-20-16(22)19-14-7-2-1-3-8-14/h1-9,12H,11H2,(H2,19,20,22). The summed E-state index contributed by atoms with van der Waals surface area (Å²) >= 11 is 5.14. The predicted octanol–water partition coefficient (Wildman–Crippen LogP) is 2.91. The summed E-state index contributed by atoms with van der Waals surface area (Å²) in [6.07, 6.45) is 1.59. The van der Waals surface area contributed by atoms with E-state index in [2.05, 4.69) is 15.8 Å². The normalized spacial score (nSPS) is 9.95. The van der Waals surface area contributed by atoms with E-state index in [1.54, 1.807) is 12.3 Å². The van der Waals surface area contributed by atoms with Crippen molar-refractivity contribution in [3.63, 3.8) is 0 Å². The SMILES string of the molecule is N#CCOc1ccccc1C=NNC(=S)Nc1ccccc1. The molecule has 0 spiro atoms. The maximum absolute atomic E-state index is 8.56. The summed E-state index contributed by atoms with van der Waals surface area (Å²) in [5, 5.41) is 16.0. The fraction of sp³-hybridized carbons (Fsp3) is 0.0625. The predicted molar refractivity (Wildman–Crippen MR) is 90.9 cm³/mol. The van der Waals surface area contributed by atoms with Crippen molar-refractivity contribution in [3.05, 3.63) is 60.2 Å². The molecule has 0 saturated carbocycles. The molecule has 0 atom stereocenters. The lowest BCUT2D eigenvalue weighted by Gasteiger charge is -2.07. The molecule has 2 rings (SSSR count). The molecule has 0 saturated heterocycles. The minimum atomic E-state index is -0.00768. The summed E-state index contributed by atoms with van der Waals surface area (Å²) in [7, 11) is 0. The summed E-state index contributed by atoms with van der Waals surface area (Å²) < 4.78 is 5.31. The molecule has 0 aliphatic carbocycles. The zero-order chi connectivity index (χ0) is 15.6. The van der Waals surface area contributed by atoms with Crippen molar-refractivity contribution in [1.82, 2.24) is 5.43 Å². The number of hydrazone groups is 1. The topological polar surface area (TPSA) is 69.4 Å². The highest BCUT2D eigenvalue weighted by atomic mass is 32.1. The molecule has 0 bridgehead atoms. The van der Waals surface area contributed by atoms with E-state index >= 15 is 0 Å². The van der Waals surface area contributed by atoms with Crippen LogP contribution in [0.15, 0.2) is 59.7 Å². The molecular formula is C16H14N4OS. The summed E-state index contributed by atoms with van der Waals surface area (Å²) in [5.74, 6) is 0.594. The molecule has 0 unspecified atom stereocenters. The van der Waals surface area contributed by atoms with E-state index in [0.717, 1.165) is 11.3 Å². The van der Waals surface area contributed by atoms with Crippen LogP contribution in [-0.2, 0) is 0 Å². The molecule has 0 heterocycles. The summed E-state index contributed by atoms with van der Waals surface area (Å²) in [4.78, 5) is 0. The second-order valence-electron chi connectivity index (χ2n) is 4.17. The zero-order valence-electron chi connectivity index (χ0n) is 11.7. The lowest BCUT2D eigenvalue weighted by atomic mass is 10.2. The van der Waals surface area contributed by atoms with Gasteiger partial charge in [0.05, 0.1) is 6.21 Å². The first-order valence-corrected chi connectivity index (χ1v) is 6.94. The van der Waals surface area contributed by atoms with Gasteiger partial charge < -0.3 is 10.1 Å². The minimum Gasteiger partial charge on any atom is -0.478 e. The first-order chi connectivity index (χ1) is 10.8. The van der Waals surface area contributed by atoms with Gasteiger partial charge in [0.15, 0.2) is 11.7 Å². The molecular weight excluding hydrogens is 296 g/mol. The van der Waals surface area contributed by atoms with Crippen LogP contribution in [0.3, 0.4) is 0 Å². The van der Waals surface area contributed by atoms with Crippen LogP contribution in [0.2, 0.25) is 0 Å². The van der Waals surface area contributed by atoms with Crippen molar-refractivity contribution in [2.24, 2.45) is 5.10 Å². The van der Waals surface area contributed by atoms with E-state index in [1.165, 1.54) is 0 Å². The van der Waals surface area contributed by atoms with Gasteiger partial charge in [0.25, 0.3) is 0 Å². The van der Waals surface area contributed by atoms with Crippen LogP contribution < -0.4 is 15.5 Å². The number of para-hydroxylation sites is 2. The minimum absolute atomic E-state index is 0.00768. The number of hydrogen-bond acceptors (Lipinski definition) is 4. The molecule has 0 aliphatic rings. The Bertz CT molecular complexity index is 695.